The van der Waals surface area contributed by atoms with Crippen LogP contribution >= 0.6 is 0 Å². The van der Waals surface area contributed by atoms with E-state index in [9.17, 15) is 9.59 Å². The summed E-state index contributed by atoms with van der Waals surface area (Å²) in [6, 6.07) is 0. The van der Waals surface area contributed by atoms with Crippen molar-refractivity contribution in [2.45, 2.75) is 33.7 Å². The van der Waals surface area contributed by atoms with Gasteiger partial charge in [0.15, 0.2) is 0 Å². The third kappa shape index (κ3) is 2.13. The Kier molecular flexibility index (Phi) is 3.28. The van der Waals surface area contributed by atoms with E-state index in [-0.39, 0.29) is 11.2 Å². The maximum atomic E-state index is 11.6. The second-order valence-corrected chi connectivity index (χ2v) is 3.71. The summed E-state index contributed by atoms with van der Waals surface area (Å²) in [5.74, 6) is 0.343. The molecule has 0 fully saturated rings. The van der Waals surface area contributed by atoms with Gasteiger partial charge in [-0.1, -0.05) is 20.3 Å². The Hall–Kier alpha value is -1.32. The number of hydrogen-bond acceptors (Lipinski definition) is 2. The monoisotopic (exact) mass is 196 g/mol. The topological polar surface area (TPSA) is 54.9 Å². The molecule has 0 amide bonds. The van der Waals surface area contributed by atoms with E-state index in [1.54, 1.807) is 6.92 Å². The largest absolute Gasteiger partial charge is 0.328 e. The average Bonchev–Trinajstić information content (AvgIpc) is 2.18. The van der Waals surface area contributed by atoms with Crippen LogP contribution in [0.2, 0.25) is 0 Å². The third-order valence-electron chi connectivity index (χ3n) is 2.43. The number of aryl methyl sites for hydroxylation is 1. The van der Waals surface area contributed by atoms with Gasteiger partial charge in [0.05, 0.1) is 0 Å². The molecular formula is C10H16N2O2. The fourth-order valence-electron chi connectivity index (χ4n) is 1.22. The summed E-state index contributed by atoms with van der Waals surface area (Å²) in [6.07, 6.45) is 2.41. The Morgan fingerprint density at radius 3 is 2.71 bits per heavy atom. The predicted molar refractivity (Wildman–Crippen MR) is 55.5 cm³/mol. The van der Waals surface area contributed by atoms with Crippen LogP contribution in [0, 0.1) is 12.8 Å². The first kappa shape index (κ1) is 10.8. The zero-order valence-corrected chi connectivity index (χ0v) is 8.83. The van der Waals surface area contributed by atoms with E-state index in [1.165, 1.54) is 10.8 Å². The first-order valence-corrected chi connectivity index (χ1v) is 4.85. The Balaban J connectivity index is 3.14. The van der Waals surface area contributed by atoms with Crippen LogP contribution < -0.4 is 11.2 Å². The highest BCUT2D eigenvalue weighted by Crippen LogP contribution is 2.01. The molecule has 1 aromatic rings. The molecule has 4 heteroatoms. The van der Waals surface area contributed by atoms with Gasteiger partial charge in [-0.25, -0.2) is 4.79 Å². The van der Waals surface area contributed by atoms with Crippen LogP contribution in [0.4, 0.5) is 0 Å². The van der Waals surface area contributed by atoms with Crippen molar-refractivity contribution in [1.82, 2.24) is 9.55 Å². The summed E-state index contributed by atoms with van der Waals surface area (Å²) < 4.78 is 1.27. The lowest BCUT2D eigenvalue weighted by Gasteiger charge is -2.09. The first-order chi connectivity index (χ1) is 6.56. The van der Waals surface area contributed by atoms with Gasteiger partial charge in [0.25, 0.3) is 5.56 Å². The Morgan fingerprint density at radius 1 is 1.50 bits per heavy atom. The second-order valence-electron chi connectivity index (χ2n) is 3.71. The van der Waals surface area contributed by atoms with Crippen LogP contribution in [0.15, 0.2) is 15.8 Å². The van der Waals surface area contributed by atoms with Crippen molar-refractivity contribution >= 4 is 0 Å². The summed E-state index contributed by atoms with van der Waals surface area (Å²) in [5.41, 5.74) is 0.0721. The Bertz CT molecular complexity index is 417. The predicted octanol–water partition coefficient (Wildman–Crippen LogP) is 0.891. The zero-order valence-electron chi connectivity index (χ0n) is 8.83. The van der Waals surface area contributed by atoms with Crippen LogP contribution in [-0.4, -0.2) is 9.55 Å². The zero-order chi connectivity index (χ0) is 10.7. The fraction of sp³-hybridized carbons (Fsp3) is 0.600. The minimum Gasteiger partial charge on any atom is -0.314 e. The smallest absolute Gasteiger partial charge is 0.314 e. The van der Waals surface area contributed by atoms with Crippen LogP contribution in [0.3, 0.4) is 0 Å². The van der Waals surface area contributed by atoms with Crippen molar-refractivity contribution in [3.8, 4) is 0 Å². The van der Waals surface area contributed by atoms with Gasteiger partial charge in [0.1, 0.15) is 0 Å². The molecule has 0 aliphatic carbocycles. The summed E-state index contributed by atoms with van der Waals surface area (Å²) in [5, 5.41) is 0. The fourth-order valence-corrected chi connectivity index (χ4v) is 1.22. The van der Waals surface area contributed by atoms with Gasteiger partial charge >= 0.3 is 5.69 Å². The molecule has 78 valence electrons. The molecule has 0 saturated carbocycles. The molecule has 0 aromatic carbocycles. The van der Waals surface area contributed by atoms with Crippen molar-refractivity contribution in [1.29, 1.82) is 0 Å². The van der Waals surface area contributed by atoms with Crippen LogP contribution in [-0.2, 0) is 6.54 Å². The summed E-state index contributed by atoms with van der Waals surface area (Å²) in [6.45, 7) is 6.26. The van der Waals surface area contributed by atoms with Crippen molar-refractivity contribution in [2.24, 2.45) is 5.92 Å². The molecule has 0 aliphatic rings. The molecule has 0 unspecified atom stereocenters. The van der Waals surface area contributed by atoms with E-state index < -0.39 is 0 Å². The van der Waals surface area contributed by atoms with Gasteiger partial charge in [-0.3, -0.25) is 9.36 Å². The third-order valence-corrected chi connectivity index (χ3v) is 2.43. The highest BCUT2D eigenvalue weighted by Gasteiger charge is 2.06. The van der Waals surface area contributed by atoms with Gasteiger partial charge in [0, 0.05) is 18.3 Å². The molecule has 1 N–H and O–H groups in total. The summed E-state index contributed by atoms with van der Waals surface area (Å²) in [4.78, 5) is 25.5. The minimum absolute atomic E-state index is 0.186. The number of nitrogens with zero attached hydrogens (tertiary/aromatic N) is 1. The van der Waals surface area contributed by atoms with Gasteiger partial charge in [-0.05, 0) is 12.8 Å². The number of aromatic amines is 1. The van der Waals surface area contributed by atoms with E-state index >= 15 is 0 Å². The number of nitrogens with one attached hydrogen (secondary N) is 1. The number of hydrogen-bond donors (Lipinski definition) is 1. The lowest BCUT2D eigenvalue weighted by Crippen LogP contribution is -2.37. The van der Waals surface area contributed by atoms with Crippen LogP contribution in [0.1, 0.15) is 25.8 Å². The van der Waals surface area contributed by atoms with Crippen molar-refractivity contribution < 1.29 is 0 Å². The molecule has 14 heavy (non-hydrogen) atoms. The quantitative estimate of drug-likeness (QED) is 0.780. The molecule has 0 spiro atoms. The Morgan fingerprint density at radius 2 is 2.14 bits per heavy atom. The molecule has 0 bridgehead atoms. The molecule has 1 heterocycles. The highest BCUT2D eigenvalue weighted by atomic mass is 16.2. The Labute approximate surface area is 82.6 Å². The van der Waals surface area contributed by atoms with E-state index in [1.807, 2.05) is 13.8 Å². The lowest BCUT2D eigenvalue weighted by molar-refractivity contribution is 0.445. The van der Waals surface area contributed by atoms with Gasteiger partial charge in [-0.15, -0.1) is 0 Å². The molecule has 1 atom stereocenters. The molecular weight excluding hydrogens is 180 g/mol. The normalized spacial score (nSPS) is 12.8. The first-order valence-electron chi connectivity index (χ1n) is 4.85. The highest BCUT2D eigenvalue weighted by molar-refractivity contribution is 5.00. The average molecular weight is 196 g/mol. The second kappa shape index (κ2) is 4.26. The molecule has 4 nitrogen and oxygen atoms in total. The molecule has 0 radical (unpaired) electrons. The number of aromatic nitrogens is 2. The standard InChI is InChI=1S/C10H16N2O2/c1-4-7(2)6-12-9(13)8(3)5-11-10(12)14/h5,7H,4,6H2,1-3H3,(H,11,14)/t7-/m0/s1. The molecule has 1 rings (SSSR count). The van der Waals surface area contributed by atoms with Crippen molar-refractivity contribution in [2.75, 3.05) is 0 Å². The van der Waals surface area contributed by atoms with E-state index in [2.05, 4.69) is 4.98 Å². The maximum absolute atomic E-state index is 11.6. The molecule has 1 aromatic heterocycles. The SMILES string of the molecule is CC[C@H](C)Cn1c(=O)[nH]cc(C)c1=O. The van der Waals surface area contributed by atoms with Crippen molar-refractivity contribution in [3.63, 3.8) is 0 Å². The van der Waals surface area contributed by atoms with Gasteiger partial charge in [-0.2, -0.15) is 0 Å². The number of H-pyrrole nitrogens is 1. The summed E-state index contributed by atoms with van der Waals surface area (Å²) in [7, 11) is 0. The maximum Gasteiger partial charge on any atom is 0.328 e. The van der Waals surface area contributed by atoms with E-state index in [0.717, 1.165) is 6.42 Å². The van der Waals surface area contributed by atoms with Gasteiger partial charge < -0.3 is 4.98 Å². The minimum atomic E-state index is -0.319. The van der Waals surface area contributed by atoms with Gasteiger partial charge in [0.2, 0.25) is 0 Å². The molecule has 0 saturated heterocycles. The van der Waals surface area contributed by atoms with Crippen LogP contribution in [0.25, 0.3) is 0 Å². The van der Waals surface area contributed by atoms with Crippen LogP contribution in [0.5, 0.6) is 0 Å². The number of rotatable bonds is 3. The van der Waals surface area contributed by atoms with E-state index in [0.29, 0.717) is 18.0 Å². The lowest BCUT2D eigenvalue weighted by atomic mass is 10.1. The van der Waals surface area contributed by atoms with E-state index in [4.69, 9.17) is 0 Å². The molecule has 0 aliphatic heterocycles. The summed E-state index contributed by atoms with van der Waals surface area (Å²) >= 11 is 0. The van der Waals surface area contributed by atoms with Crippen molar-refractivity contribution in [3.05, 3.63) is 32.6 Å².